The molecule has 1 aromatic heterocycles. The molecule has 29 heavy (non-hydrogen) atoms. The Morgan fingerprint density at radius 2 is 1.79 bits per heavy atom. The van der Waals surface area contributed by atoms with Gasteiger partial charge in [-0.25, -0.2) is 14.4 Å². The molecule has 2 aromatic rings. The highest BCUT2D eigenvalue weighted by atomic mass is 19.1. The lowest BCUT2D eigenvalue weighted by atomic mass is 9.70. The largest absolute Gasteiger partial charge is 0.495 e. The molecular formula is C21H25BFN3O3. The van der Waals surface area contributed by atoms with Gasteiger partial charge in [0.25, 0.3) is 0 Å². The van der Waals surface area contributed by atoms with E-state index in [0.29, 0.717) is 35.3 Å². The fourth-order valence-corrected chi connectivity index (χ4v) is 4.11. The van der Waals surface area contributed by atoms with E-state index in [9.17, 15) is 9.18 Å². The van der Waals surface area contributed by atoms with Crippen LogP contribution < -0.4 is 11.2 Å². The number of carbonyl (C=O) groups is 1. The topological polar surface area (TPSA) is 87.3 Å². The SMILES string of the molecule is Cc1nc(N)nc2c1C(=O)CC(c1ccc(F)cc1B1OC(C)(C)C(C)(C)O1)C2. The van der Waals surface area contributed by atoms with Gasteiger partial charge in [-0.15, -0.1) is 0 Å². The van der Waals surface area contributed by atoms with Crippen LogP contribution in [0.3, 0.4) is 0 Å². The highest BCUT2D eigenvalue weighted by Crippen LogP contribution is 2.38. The molecule has 1 saturated heterocycles. The van der Waals surface area contributed by atoms with E-state index < -0.39 is 18.3 Å². The molecule has 2 aliphatic rings. The monoisotopic (exact) mass is 397 g/mol. The first-order valence-electron chi connectivity index (χ1n) is 9.79. The van der Waals surface area contributed by atoms with E-state index in [1.54, 1.807) is 13.0 Å². The van der Waals surface area contributed by atoms with Crippen molar-refractivity contribution in [3.05, 3.63) is 46.5 Å². The molecule has 0 radical (unpaired) electrons. The van der Waals surface area contributed by atoms with Crippen molar-refractivity contribution in [2.24, 2.45) is 0 Å². The molecule has 6 nitrogen and oxygen atoms in total. The number of nitrogens with two attached hydrogens (primary N) is 1. The number of hydrogen-bond acceptors (Lipinski definition) is 6. The van der Waals surface area contributed by atoms with Gasteiger partial charge in [-0.3, -0.25) is 4.79 Å². The standard InChI is InChI=1S/C21H25BFN3O3/c1-11-18-16(26-19(24)25-11)8-12(9-17(18)27)14-7-6-13(23)10-15(14)22-28-20(2,3)21(4,5)29-22/h6-7,10,12H,8-9H2,1-5H3,(H2,24,25,26). The molecule has 0 amide bonds. The van der Waals surface area contributed by atoms with Gasteiger partial charge in [0.15, 0.2) is 5.78 Å². The second kappa shape index (κ2) is 6.60. The Balaban J connectivity index is 1.75. The number of aromatic nitrogens is 2. The molecule has 152 valence electrons. The minimum absolute atomic E-state index is 0.0297. The van der Waals surface area contributed by atoms with E-state index >= 15 is 0 Å². The van der Waals surface area contributed by atoms with Crippen LogP contribution in [0.25, 0.3) is 0 Å². The minimum atomic E-state index is -0.709. The van der Waals surface area contributed by atoms with Crippen molar-refractivity contribution in [1.82, 2.24) is 9.97 Å². The fraction of sp³-hybridized carbons (Fsp3) is 0.476. The highest BCUT2D eigenvalue weighted by molar-refractivity contribution is 6.62. The summed E-state index contributed by atoms with van der Waals surface area (Å²) in [5, 5.41) is 0. The zero-order chi connectivity index (χ0) is 21.1. The summed E-state index contributed by atoms with van der Waals surface area (Å²) in [5.41, 5.74) is 7.94. The maximum Gasteiger partial charge on any atom is 0.495 e. The molecule has 4 rings (SSSR count). The van der Waals surface area contributed by atoms with Crippen LogP contribution in [0.1, 0.15) is 67.3 Å². The van der Waals surface area contributed by atoms with Crippen molar-refractivity contribution in [3.8, 4) is 0 Å². The second-order valence-electron chi connectivity index (χ2n) is 8.88. The Morgan fingerprint density at radius 3 is 2.45 bits per heavy atom. The number of anilines is 1. The van der Waals surface area contributed by atoms with Crippen LogP contribution in [-0.4, -0.2) is 34.1 Å². The van der Waals surface area contributed by atoms with E-state index in [1.807, 2.05) is 27.7 Å². The van der Waals surface area contributed by atoms with Crippen molar-refractivity contribution in [2.45, 2.75) is 64.6 Å². The Hall–Kier alpha value is -2.32. The predicted octanol–water partition coefficient (Wildman–Crippen LogP) is 2.72. The molecule has 1 unspecified atom stereocenters. The fourth-order valence-electron chi connectivity index (χ4n) is 4.11. The summed E-state index contributed by atoms with van der Waals surface area (Å²) in [4.78, 5) is 21.3. The number of Topliss-reactive ketones (excluding diaryl/α,β-unsaturated/α-hetero) is 1. The van der Waals surface area contributed by atoms with Gasteiger partial charge >= 0.3 is 7.12 Å². The van der Waals surface area contributed by atoms with Gasteiger partial charge in [0, 0.05) is 6.42 Å². The average Bonchev–Trinajstić information content (AvgIpc) is 2.81. The molecule has 1 aliphatic heterocycles. The summed E-state index contributed by atoms with van der Waals surface area (Å²) in [6.07, 6.45) is 0.812. The van der Waals surface area contributed by atoms with E-state index in [0.717, 1.165) is 5.56 Å². The van der Waals surface area contributed by atoms with Crippen LogP contribution in [0.15, 0.2) is 18.2 Å². The molecule has 1 aliphatic carbocycles. The molecule has 0 spiro atoms. The van der Waals surface area contributed by atoms with Gasteiger partial charge in [0.2, 0.25) is 5.95 Å². The molecule has 8 heteroatoms. The van der Waals surface area contributed by atoms with Crippen molar-refractivity contribution in [1.29, 1.82) is 0 Å². The average molecular weight is 397 g/mol. The molecule has 0 bridgehead atoms. The van der Waals surface area contributed by atoms with E-state index in [1.165, 1.54) is 12.1 Å². The molecule has 1 atom stereocenters. The highest BCUT2D eigenvalue weighted by Gasteiger charge is 2.52. The zero-order valence-corrected chi connectivity index (χ0v) is 17.4. The summed E-state index contributed by atoms with van der Waals surface area (Å²) in [6.45, 7) is 9.58. The van der Waals surface area contributed by atoms with Gasteiger partial charge in [-0.1, -0.05) is 6.07 Å². The number of fused-ring (bicyclic) bond motifs is 1. The van der Waals surface area contributed by atoms with Crippen molar-refractivity contribution >= 4 is 24.3 Å². The Bertz CT molecular complexity index is 993. The smallest absolute Gasteiger partial charge is 0.399 e. The number of aryl methyl sites for hydroxylation is 1. The third-order valence-corrected chi connectivity index (χ3v) is 6.33. The summed E-state index contributed by atoms with van der Waals surface area (Å²) in [6, 6.07) is 4.57. The van der Waals surface area contributed by atoms with Crippen LogP contribution in [0.5, 0.6) is 0 Å². The van der Waals surface area contributed by atoms with Crippen LogP contribution >= 0.6 is 0 Å². The van der Waals surface area contributed by atoms with Crippen molar-refractivity contribution < 1.29 is 18.5 Å². The molecule has 1 fully saturated rings. The predicted molar refractivity (Wildman–Crippen MR) is 109 cm³/mol. The molecule has 2 heterocycles. The van der Waals surface area contributed by atoms with Crippen LogP contribution in [0.2, 0.25) is 0 Å². The van der Waals surface area contributed by atoms with E-state index in [-0.39, 0.29) is 23.5 Å². The Morgan fingerprint density at radius 1 is 1.14 bits per heavy atom. The van der Waals surface area contributed by atoms with Crippen LogP contribution in [0.4, 0.5) is 10.3 Å². The number of rotatable bonds is 2. The molecule has 2 N–H and O–H groups in total. The third-order valence-electron chi connectivity index (χ3n) is 6.33. The Labute approximate surface area is 170 Å². The van der Waals surface area contributed by atoms with Crippen molar-refractivity contribution in [2.75, 3.05) is 5.73 Å². The van der Waals surface area contributed by atoms with Crippen LogP contribution in [-0.2, 0) is 15.7 Å². The second-order valence-corrected chi connectivity index (χ2v) is 8.88. The van der Waals surface area contributed by atoms with Gasteiger partial charge in [0.05, 0.1) is 28.2 Å². The summed E-state index contributed by atoms with van der Waals surface area (Å²) < 4.78 is 26.5. The molecular weight excluding hydrogens is 372 g/mol. The van der Waals surface area contributed by atoms with Gasteiger partial charge < -0.3 is 15.0 Å². The number of nitrogens with zero attached hydrogens (tertiary/aromatic N) is 2. The summed E-state index contributed by atoms with van der Waals surface area (Å²) >= 11 is 0. The summed E-state index contributed by atoms with van der Waals surface area (Å²) in [5.74, 6) is -0.417. The maximum atomic E-state index is 14.2. The molecule has 1 aromatic carbocycles. The lowest BCUT2D eigenvalue weighted by Crippen LogP contribution is -2.41. The van der Waals surface area contributed by atoms with Gasteiger partial charge in [-0.2, -0.15) is 0 Å². The lowest BCUT2D eigenvalue weighted by Gasteiger charge is -2.32. The van der Waals surface area contributed by atoms with E-state index in [4.69, 9.17) is 15.0 Å². The summed E-state index contributed by atoms with van der Waals surface area (Å²) in [7, 11) is -0.709. The number of carbonyl (C=O) groups excluding carboxylic acids is 1. The number of halogens is 1. The number of ketones is 1. The lowest BCUT2D eigenvalue weighted by molar-refractivity contribution is 0.00578. The minimum Gasteiger partial charge on any atom is -0.399 e. The maximum absolute atomic E-state index is 14.2. The van der Waals surface area contributed by atoms with E-state index in [2.05, 4.69) is 9.97 Å². The quantitative estimate of drug-likeness (QED) is 0.785. The molecule has 0 saturated carbocycles. The first kappa shape index (κ1) is 20.0. The first-order chi connectivity index (χ1) is 13.5. The third kappa shape index (κ3) is 3.34. The number of nitrogen functional groups attached to an aromatic ring is 1. The van der Waals surface area contributed by atoms with Crippen LogP contribution in [0, 0.1) is 12.7 Å². The number of benzene rings is 1. The normalized spacial score (nSPS) is 22.6. The van der Waals surface area contributed by atoms with Gasteiger partial charge in [0.1, 0.15) is 5.82 Å². The number of hydrogen-bond donors (Lipinski definition) is 1. The van der Waals surface area contributed by atoms with Crippen molar-refractivity contribution in [3.63, 3.8) is 0 Å². The first-order valence-corrected chi connectivity index (χ1v) is 9.79. The zero-order valence-electron chi connectivity index (χ0n) is 17.4. The Kier molecular flexibility index (Phi) is 4.55. The van der Waals surface area contributed by atoms with Gasteiger partial charge in [-0.05, 0) is 70.1 Å².